The van der Waals surface area contributed by atoms with Crippen molar-refractivity contribution in [3.05, 3.63) is 18.3 Å². The Kier molecular flexibility index (Phi) is 4.66. The number of anilines is 1. The molecule has 4 N–H and O–H groups in total. The maximum absolute atomic E-state index is 12.6. The molecule has 0 aliphatic rings. The second-order valence-electron chi connectivity index (χ2n) is 3.38. The summed E-state index contributed by atoms with van der Waals surface area (Å²) in [6.07, 6.45) is -2.77. The smallest absolute Gasteiger partial charge is 0.307 e. The summed E-state index contributed by atoms with van der Waals surface area (Å²) >= 11 is 0. The number of pyridine rings is 1. The molecule has 0 saturated heterocycles. The largest absolute Gasteiger partial charge is 0.320 e. The first-order chi connectivity index (χ1) is 8.70. The van der Waals surface area contributed by atoms with Gasteiger partial charge in [0.25, 0.3) is 0 Å². The zero-order valence-corrected chi connectivity index (χ0v) is 10.1. The summed E-state index contributed by atoms with van der Waals surface area (Å²) in [4.78, 5) is 3.03. The van der Waals surface area contributed by atoms with Crippen molar-refractivity contribution in [2.75, 3.05) is 12.0 Å². The molecular weight excluding hydrogens is 292 g/mol. The first-order valence-corrected chi connectivity index (χ1v) is 6.26. The number of halogens is 4. The number of alkyl halides is 4. The van der Waals surface area contributed by atoms with Gasteiger partial charge in [0.05, 0.1) is 6.54 Å². The van der Waals surface area contributed by atoms with E-state index in [0.717, 1.165) is 6.07 Å². The molecule has 0 saturated carbocycles. The van der Waals surface area contributed by atoms with E-state index in [0.29, 0.717) is 0 Å². The lowest BCUT2D eigenvalue weighted by Gasteiger charge is -2.16. The highest BCUT2D eigenvalue weighted by molar-refractivity contribution is 7.89. The van der Waals surface area contributed by atoms with Crippen LogP contribution in [0.2, 0.25) is 0 Å². The van der Waals surface area contributed by atoms with Crippen LogP contribution in [-0.4, -0.2) is 32.3 Å². The molecule has 108 valence electrons. The summed E-state index contributed by atoms with van der Waals surface area (Å²) in [5.74, 6) is 0.242. The quantitative estimate of drug-likeness (QED) is 0.405. The fraction of sp³-hybridized carbons (Fsp3) is 0.375. The van der Waals surface area contributed by atoms with Gasteiger partial charge in [-0.3, -0.25) is 0 Å². The first-order valence-electron chi connectivity index (χ1n) is 4.78. The zero-order valence-electron chi connectivity index (χ0n) is 9.28. The Balaban J connectivity index is 2.94. The van der Waals surface area contributed by atoms with E-state index >= 15 is 0 Å². The van der Waals surface area contributed by atoms with Crippen molar-refractivity contribution in [3.8, 4) is 0 Å². The fourth-order valence-corrected chi connectivity index (χ4v) is 2.22. The number of nitrogen functional groups attached to an aromatic ring is 1. The van der Waals surface area contributed by atoms with Gasteiger partial charge in [-0.2, -0.15) is 8.78 Å². The van der Waals surface area contributed by atoms with Gasteiger partial charge in [0.15, 0.2) is 5.82 Å². The molecular formula is C8H10F4N4O2S. The number of sulfonamides is 1. The minimum absolute atomic E-state index is 0.296. The van der Waals surface area contributed by atoms with E-state index in [1.807, 2.05) is 5.43 Å². The summed E-state index contributed by atoms with van der Waals surface area (Å²) in [6, 6.07) is 2.26. The monoisotopic (exact) mass is 302 g/mol. The predicted molar refractivity (Wildman–Crippen MR) is 58.2 cm³/mol. The lowest BCUT2D eigenvalue weighted by Crippen LogP contribution is -2.41. The number of nitrogens with zero attached hydrogens (tertiary/aromatic N) is 1. The van der Waals surface area contributed by atoms with Crippen molar-refractivity contribution in [2.24, 2.45) is 5.84 Å². The van der Waals surface area contributed by atoms with E-state index in [9.17, 15) is 26.0 Å². The van der Waals surface area contributed by atoms with E-state index in [-0.39, 0.29) is 5.82 Å². The van der Waals surface area contributed by atoms with Gasteiger partial charge in [-0.1, -0.05) is 0 Å². The second-order valence-corrected chi connectivity index (χ2v) is 5.12. The molecule has 0 aromatic carbocycles. The number of nitrogens with two attached hydrogens (primary N) is 1. The summed E-state index contributed by atoms with van der Waals surface area (Å²) in [5.41, 5.74) is 1.96. The van der Waals surface area contributed by atoms with E-state index in [1.54, 1.807) is 0 Å². The summed E-state index contributed by atoms with van der Waals surface area (Å²) in [5, 5.41) is 0. The molecule has 1 aromatic rings. The Morgan fingerprint density at radius 1 is 1.42 bits per heavy atom. The molecule has 0 unspecified atom stereocenters. The summed E-state index contributed by atoms with van der Waals surface area (Å²) < 4.78 is 73.8. The Labute approximate surface area is 106 Å². The van der Waals surface area contributed by atoms with Crippen molar-refractivity contribution in [2.45, 2.75) is 17.2 Å². The van der Waals surface area contributed by atoms with Crippen LogP contribution in [0.3, 0.4) is 0 Å². The molecule has 1 rings (SSSR count). The van der Waals surface area contributed by atoms with Crippen LogP contribution in [0.4, 0.5) is 23.4 Å². The highest BCUT2D eigenvalue weighted by Gasteiger charge is 2.41. The van der Waals surface area contributed by atoms with Crippen molar-refractivity contribution in [1.82, 2.24) is 9.71 Å². The van der Waals surface area contributed by atoms with E-state index in [1.165, 1.54) is 17.0 Å². The van der Waals surface area contributed by atoms with Crippen LogP contribution in [0, 0.1) is 0 Å². The van der Waals surface area contributed by atoms with Gasteiger partial charge in [-0.15, -0.1) is 0 Å². The van der Waals surface area contributed by atoms with Crippen molar-refractivity contribution in [3.63, 3.8) is 0 Å². The van der Waals surface area contributed by atoms with Gasteiger partial charge < -0.3 is 5.43 Å². The average Bonchev–Trinajstić information content (AvgIpc) is 2.36. The van der Waals surface area contributed by atoms with Crippen molar-refractivity contribution in [1.29, 1.82) is 0 Å². The SMILES string of the molecule is NNc1ncccc1S(=O)(=O)NCC(F)(F)C(F)F. The topological polar surface area (TPSA) is 97.1 Å². The number of nitrogens with one attached hydrogen (secondary N) is 2. The molecule has 6 nitrogen and oxygen atoms in total. The molecule has 1 heterocycles. The Morgan fingerprint density at radius 3 is 2.58 bits per heavy atom. The van der Waals surface area contributed by atoms with Crippen LogP contribution in [0.25, 0.3) is 0 Å². The first kappa shape index (κ1) is 15.6. The molecule has 0 aliphatic carbocycles. The molecule has 0 bridgehead atoms. The van der Waals surface area contributed by atoms with Crippen molar-refractivity contribution < 1.29 is 26.0 Å². The van der Waals surface area contributed by atoms with Crippen molar-refractivity contribution >= 4 is 15.8 Å². The van der Waals surface area contributed by atoms with E-state index in [2.05, 4.69) is 4.98 Å². The van der Waals surface area contributed by atoms with Gasteiger partial charge in [-0.05, 0) is 12.1 Å². The molecule has 1 aromatic heterocycles. The number of aromatic nitrogens is 1. The van der Waals surface area contributed by atoms with Gasteiger partial charge in [0.2, 0.25) is 10.0 Å². The van der Waals surface area contributed by atoms with Gasteiger partial charge in [0.1, 0.15) is 4.90 Å². The van der Waals surface area contributed by atoms with Crippen LogP contribution in [0.1, 0.15) is 0 Å². The summed E-state index contributed by atoms with van der Waals surface area (Å²) in [7, 11) is -4.44. The van der Waals surface area contributed by atoms with Crippen LogP contribution in [0.5, 0.6) is 0 Å². The van der Waals surface area contributed by atoms with Crippen LogP contribution in [-0.2, 0) is 10.0 Å². The zero-order chi connectivity index (χ0) is 14.7. The Bertz CT molecular complexity index is 537. The number of hydrazine groups is 1. The molecule has 0 atom stereocenters. The molecule has 11 heteroatoms. The minimum atomic E-state index is -4.47. The molecule has 0 aliphatic heterocycles. The lowest BCUT2D eigenvalue weighted by atomic mass is 10.4. The maximum Gasteiger partial charge on any atom is 0.320 e. The molecule has 19 heavy (non-hydrogen) atoms. The van der Waals surface area contributed by atoms with Crippen LogP contribution in [0.15, 0.2) is 23.2 Å². The van der Waals surface area contributed by atoms with Crippen LogP contribution >= 0.6 is 0 Å². The molecule has 0 radical (unpaired) electrons. The third kappa shape index (κ3) is 3.75. The third-order valence-corrected chi connectivity index (χ3v) is 3.45. The van der Waals surface area contributed by atoms with Gasteiger partial charge in [-0.25, -0.2) is 32.7 Å². The van der Waals surface area contributed by atoms with E-state index < -0.39 is 33.8 Å². The molecule has 0 amide bonds. The number of rotatable bonds is 6. The number of hydrogen-bond donors (Lipinski definition) is 3. The molecule has 0 spiro atoms. The maximum atomic E-state index is 12.6. The van der Waals surface area contributed by atoms with E-state index in [4.69, 9.17) is 5.84 Å². The predicted octanol–water partition coefficient (Wildman–Crippen LogP) is 0.546. The number of hydrogen-bond acceptors (Lipinski definition) is 5. The second kappa shape index (κ2) is 5.67. The summed E-state index contributed by atoms with van der Waals surface area (Å²) in [6.45, 7) is -1.73. The highest BCUT2D eigenvalue weighted by Crippen LogP contribution is 2.23. The minimum Gasteiger partial charge on any atom is -0.307 e. The Morgan fingerprint density at radius 2 is 2.05 bits per heavy atom. The Hall–Kier alpha value is -1.46. The average molecular weight is 302 g/mol. The standard InChI is InChI=1S/C8H10F4N4O2S/c9-7(10)8(11,12)4-15-19(17,18)5-2-1-3-14-6(5)16-13/h1-3,7,15H,4,13H2,(H,14,16). The highest BCUT2D eigenvalue weighted by atomic mass is 32.2. The third-order valence-electron chi connectivity index (χ3n) is 2.01. The molecule has 0 fully saturated rings. The normalized spacial score (nSPS) is 12.7. The van der Waals surface area contributed by atoms with Crippen LogP contribution < -0.4 is 16.0 Å². The lowest BCUT2D eigenvalue weighted by molar-refractivity contribution is -0.122. The van der Waals surface area contributed by atoms with Gasteiger partial charge in [0, 0.05) is 6.20 Å². The fourth-order valence-electron chi connectivity index (χ4n) is 1.06. The van der Waals surface area contributed by atoms with Gasteiger partial charge >= 0.3 is 12.3 Å².